The van der Waals surface area contributed by atoms with Crippen LogP contribution in [0.5, 0.6) is 5.75 Å². The SMILES string of the molecule is CCC(=O)c1ccc(OCC(O)CN2C(=O)NC3(CCCC3)C2=O)cc1. The van der Waals surface area contributed by atoms with Crippen molar-refractivity contribution in [3.63, 3.8) is 0 Å². The molecule has 1 spiro atoms. The van der Waals surface area contributed by atoms with Gasteiger partial charge in [0, 0.05) is 12.0 Å². The van der Waals surface area contributed by atoms with Gasteiger partial charge in [0.15, 0.2) is 5.78 Å². The number of aliphatic hydroxyl groups excluding tert-OH is 1. The smallest absolute Gasteiger partial charge is 0.325 e. The molecule has 2 fully saturated rings. The fraction of sp³-hybridized carbons (Fsp3) is 0.526. The molecule has 1 aliphatic heterocycles. The van der Waals surface area contributed by atoms with Gasteiger partial charge in [0.05, 0.1) is 6.54 Å². The Labute approximate surface area is 152 Å². The van der Waals surface area contributed by atoms with E-state index < -0.39 is 17.7 Å². The number of benzene rings is 1. The molecule has 1 heterocycles. The molecule has 1 unspecified atom stereocenters. The Morgan fingerprint density at radius 2 is 1.92 bits per heavy atom. The summed E-state index contributed by atoms with van der Waals surface area (Å²) in [7, 11) is 0. The summed E-state index contributed by atoms with van der Waals surface area (Å²) in [4.78, 5) is 37.3. The van der Waals surface area contributed by atoms with Crippen molar-refractivity contribution in [1.29, 1.82) is 0 Å². The van der Waals surface area contributed by atoms with Crippen molar-refractivity contribution in [1.82, 2.24) is 10.2 Å². The number of nitrogens with zero attached hydrogens (tertiary/aromatic N) is 1. The number of rotatable bonds is 7. The standard InChI is InChI=1S/C19H24N2O5/c1-2-16(23)13-5-7-15(8-6-13)26-12-14(22)11-21-17(24)19(20-18(21)25)9-3-4-10-19/h5-8,14,22H,2-4,9-12H2,1H3,(H,20,25). The second kappa shape index (κ2) is 7.45. The molecule has 1 atom stereocenters. The van der Waals surface area contributed by atoms with Crippen molar-refractivity contribution < 1.29 is 24.2 Å². The molecule has 1 aromatic carbocycles. The third-order valence-corrected chi connectivity index (χ3v) is 5.04. The van der Waals surface area contributed by atoms with Crippen LogP contribution in [-0.4, -0.2) is 52.5 Å². The molecule has 1 aliphatic carbocycles. The van der Waals surface area contributed by atoms with Gasteiger partial charge in [0.25, 0.3) is 5.91 Å². The lowest BCUT2D eigenvalue weighted by atomic mass is 9.98. The number of nitrogens with one attached hydrogen (secondary N) is 1. The number of ether oxygens (including phenoxy) is 1. The molecule has 7 heteroatoms. The lowest BCUT2D eigenvalue weighted by Gasteiger charge is -2.21. The van der Waals surface area contributed by atoms with E-state index in [0.29, 0.717) is 30.6 Å². The van der Waals surface area contributed by atoms with Crippen LogP contribution < -0.4 is 10.1 Å². The van der Waals surface area contributed by atoms with Crippen LogP contribution >= 0.6 is 0 Å². The lowest BCUT2D eigenvalue weighted by molar-refractivity contribution is -0.132. The van der Waals surface area contributed by atoms with Gasteiger partial charge in [-0.25, -0.2) is 4.79 Å². The summed E-state index contributed by atoms with van der Waals surface area (Å²) in [6, 6.07) is 6.23. The molecular weight excluding hydrogens is 336 g/mol. The summed E-state index contributed by atoms with van der Waals surface area (Å²) in [5.41, 5.74) is -0.152. The van der Waals surface area contributed by atoms with Gasteiger partial charge in [-0.15, -0.1) is 0 Å². The Morgan fingerprint density at radius 1 is 1.27 bits per heavy atom. The summed E-state index contributed by atoms with van der Waals surface area (Å²) in [5, 5.41) is 12.9. The molecule has 0 aromatic heterocycles. The second-order valence-electron chi connectivity index (χ2n) is 6.90. The Hall–Kier alpha value is -2.41. The average Bonchev–Trinajstić information content (AvgIpc) is 3.20. The zero-order chi connectivity index (χ0) is 18.7. The van der Waals surface area contributed by atoms with E-state index in [0.717, 1.165) is 17.7 Å². The predicted molar refractivity (Wildman–Crippen MR) is 94.0 cm³/mol. The largest absolute Gasteiger partial charge is 0.491 e. The summed E-state index contributed by atoms with van der Waals surface area (Å²) in [5.74, 6) is 0.318. The predicted octanol–water partition coefficient (Wildman–Crippen LogP) is 1.88. The number of β-amino-alcohol motifs (C(OH)–C–C–N with tert-alkyl or cyclic N) is 1. The van der Waals surface area contributed by atoms with E-state index in [4.69, 9.17) is 4.74 Å². The van der Waals surface area contributed by atoms with Crippen LogP contribution in [0.25, 0.3) is 0 Å². The maximum Gasteiger partial charge on any atom is 0.325 e. The van der Waals surface area contributed by atoms with E-state index in [-0.39, 0.29) is 24.8 Å². The Kier molecular flexibility index (Phi) is 5.27. The van der Waals surface area contributed by atoms with Crippen molar-refractivity contribution in [3.8, 4) is 5.75 Å². The zero-order valence-electron chi connectivity index (χ0n) is 14.9. The minimum atomic E-state index is -0.988. The van der Waals surface area contributed by atoms with E-state index in [1.54, 1.807) is 31.2 Å². The van der Waals surface area contributed by atoms with E-state index >= 15 is 0 Å². The highest BCUT2D eigenvalue weighted by atomic mass is 16.5. The van der Waals surface area contributed by atoms with Crippen molar-refractivity contribution >= 4 is 17.7 Å². The van der Waals surface area contributed by atoms with Gasteiger partial charge in [-0.3, -0.25) is 14.5 Å². The van der Waals surface area contributed by atoms with Crippen LogP contribution in [0.2, 0.25) is 0 Å². The molecule has 0 radical (unpaired) electrons. The summed E-state index contributed by atoms with van der Waals surface area (Å²) in [6.07, 6.45) is 2.60. The van der Waals surface area contributed by atoms with Gasteiger partial charge in [-0.1, -0.05) is 19.8 Å². The van der Waals surface area contributed by atoms with Gasteiger partial charge in [-0.2, -0.15) is 0 Å². The minimum absolute atomic E-state index is 0.0505. The quantitative estimate of drug-likeness (QED) is 0.572. The number of hydrogen-bond acceptors (Lipinski definition) is 5. The number of imide groups is 1. The number of aliphatic hydroxyl groups is 1. The molecule has 3 amide bonds. The molecule has 140 valence electrons. The number of hydrogen-bond donors (Lipinski definition) is 2. The van der Waals surface area contributed by atoms with Crippen LogP contribution in [0, 0.1) is 0 Å². The highest BCUT2D eigenvalue weighted by molar-refractivity contribution is 6.07. The fourth-order valence-electron chi connectivity index (χ4n) is 3.56. The molecule has 2 aliphatic rings. The number of carbonyl (C=O) groups excluding carboxylic acids is 3. The van der Waals surface area contributed by atoms with Gasteiger partial charge >= 0.3 is 6.03 Å². The van der Waals surface area contributed by atoms with Crippen LogP contribution in [0.4, 0.5) is 4.79 Å². The fourth-order valence-corrected chi connectivity index (χ4v) is 3.56. The first kappa shape index (κ1) is 18.4. The zero-order valence-corrected chi connectivity index (χ0v) is 14.9. The third kappa shape index (κ3) is 3.58. The van der Waals surface area contributed by atoms with Crippen LogP contribution in [-0.2, 0) is 4.79 Å². The maximum atomic E-state index is 12.5. The number of carbonyl (C=O) groups is 3. The molecule has 3 rings (SSSR count). The first-order valence-electron chi connectivity index (χ1n) is 9.03. The Bertz CT molecular complexity index is 694. The summed E-state index contributed by atoms with van der Waals surface area (Å²) >= 11 is 0. The lowest BCUT2D eigenvalue weighted by Crippen LogP contribution is -2.45. The molecule has 1 saturated heterocycles. The first-order chi connectivity index (χ1) is 12.4. The van der Waals surface area contributed by atoms with E-state index in [9.17, 15) is 19.5 Å². The van der Waals surface area contributed by atoms with Gasteiger partial charge in [-0.05, 0) is 37.1 Å². The molecule has 1 aromatic rings. The summed E-state index contributed by atoms with van der Waals surface area (Å²) < 4.78 is 5.50. The number of amides is 3. The van der Waals surface area contributed by atoms with E-state index in [1.807, 2.05) is 0 Å². The molecule has 2 N–H and O–H groups in total. The third-order valence-electron chi connectivity index (χ3n) is 5.04. The Morgan fingerprint density at radius 3 is 2.54 bits per heavy atom. The molecule has 1 saturated carbocycles. The molecular formula is C19H24N2O5. The number of ketones is 1. The van der Waals surface area contributed by atoms with Crippen LogP contribution in [0.1, 0.15) is 49.4 Å². The van der Waals surface area contributed by atoms with Crippen molar-refractivity contribution in [2.24, 2.45) is 0 Å². The van der Waals surface area contributed by atoms with Crippen molar-refractivity contribution in [2.75, 3.05) is 13.2 Å². The van der Waals surface area contributed by atoms with Crippen LogP contribution in [0.3, 0.4) is 0 Å². The second-order valence-corrected chi connectivity index (χ2v) is 6.90. The van der Waals surface area contributed by atoms with Gasteiger partial charge in [0.2, 0.25) is 0 Å². The first-order valence-corrected chi connectivity index (χ1v) is 9.03. The molecule has 0 bridgehead atoms. The van der Waals surface area contributed by atoms with Gasteiger partial charge < -0.3 is 15.2 Å². The van der Waals surface area contributed by atoms with E-state index in [1.165, 1.54) is 0 Å². The molecule has 26 heavy (non-hydrogen) atoms. The molecule has 7 nitrogen and oxygen atoms in total. The normalized spacial score (nSPS) is 19.7. The number of Topliss-reactive ketones (excluding diaryl/α,β-unsaturated/α-hetero) is 1. The average molecular weight is 360 g/mol. The monoisotopic (exact) mass is 360 g/mol. The van der Waals surface area contributed by atoms with Crippen LogP contribution in [0.15, 0.2) is 24.3 Å². The highest BCUT2D eigenvalue weighted by Gasteiger charge is 2.52. The maximum absolute atomic E-state index is 12.5. The van der Waals surface area contributed by atoms with Crippen molar-refractivity contribution in [2.45, 2.75) is 50.7 Å². The minimum Gasteiger partial charge on any atom is -0.491 e. The Balaban J connectivity index is 1.53. The topological polar surface area (TPSA) is 95.9 Å². The van der Waals surface area contributed by atoms with Gasteiger partial charge in [0.1, 0.15) is 24.0 Å². The number of urea groups is 1. The van der Waals surface area contributed by atoms with E-state index in [2.05, 4.69) is 5.32 Å². The highest BCUT2D eigenvalue weighted by Crippen LogP contribution is 2.35. The van der Waals surface area contributed by atoms with Crippen molar-refractivity contribution in [3.05, 3.63) is 29.8 Å². The summed E-state index contributed by atoms with van der Waals surface area (Å²) in [6.45, 7) is 1.65.